The molecule has 4 heteroatoms. The van der Waals surface area contributed by atoms with Gasteiger partial charge in [0.15, 0.2) is 0 Å². The summed E-state index contributed by atoms with van der Waals surface area (Å²) in [6.07, 6.45) is 2.59. The van der Waals surface area contributed by atoms with E-state index in [1.54, 1.807) is 6.08 Å². The number of carbonyl (C=O) groups excluding carboxylic acids is 1. The first-order valence-electron chi connectivity index (χ1n) is 7.73. The third-order valence-corrected chi connectivity index (χ3v) is 4.45. The lowest BCUT2D eigenvalue weighted by atomic mass is 9.85. The fourth-order valence-corrected chi connectivity index (χ4v) is 2.58. The molecular formula is C16H30N2O2. The minimum atomic E-state index is -0.423. The Morgan fingerprint density at radius 1 is 1.45 bits per heavy atom. The second kappa shape index (κ2) is 7.79. The van der Waals surface area contributed by atoms with E-state index < -0.39 is 5.41 Å². The topological polar surface area (TPSA) is 32.8 Å². The van der Waals surface area contributed by atoms with E-state index in [4.69, 9.17) is 4.74 Å². The van der Waals surface area contributed by atoms with Crippen molar-refractivity contribution < 1.29 is 9.53 Å². The molecule has 0 saturated carbocycles. The van der Waals surface area contributed by atoms with Gasteiger partial charge in [0, 0.05) is 38.8 Å². The Morgan fingerprint density at radius 3 is 2.65 bits per heavy atom. The molecule has 20 heavy (non-hydrogen) atoms. The molecule has 0 aromatic heterocycles. The molecule has 116 valence electrons. The monoisotopic (exact) mass is 282 g/mol. The van der Waals surface area contributed by atoms with Gasteiger partial charge in [-0.05, 0) is 27.2 Å². The van der Waals surface area contributed by atoms with Crippen LogP contribution in [0.3, 0.4) is 0 Å². The van der Waals surface area contributed by atoms with Gasteiger partial charge in [0.25, 0.3) is 0 Å². The van der Waals surface area contributed by atoms with Crippen molar-refractivity contribution in [2.45, 2.75) is 40.2 Å². The van der Waals surface area contributed by atoms with E-state index in [2.05, 4.69) is 18.4 Å². The maximum atomic E-state index is 12.6. The summed E-state index contributed by atoms with van der Waals surface area (Å²) in [5.74, 6) is 0.214. The van der Waals surface area contributed by atoms with Crippen LogP contribution in [0.25, 0.3) is 0 Å². The minimum absolute atomic E-state index is 0.214. The Bertz CT molecular complexity index is 332. The molecule has 4 nitrogen and oxygen atoms in total. The normalized spacial score (nSPS) is 23.4. The molecule has 1 heterocycles. The van der Waals surface area contributed by atoms with Gasteiger partial charge in [-0.25, -0.2) is 0 Å². The summed E-state index contributed by atoms with van der Waals surface area (Å²) in [5, 5.41) is 0. The standard InChI is InChI=1S/C16H30N2O2/c1-6-16(5,7-2)15(19)18-10-9-17(14(4)13-18)11-12-20-8-3/h6,14H,1,7-13H2,2-5H3/t14-,16-/m1/s1. The molecule has 1 fully saturated rings. The maximum absolute atomic E-state index is 12.6. The van der Waals surface area contributed by atoms with Crippen molar-refractivity contribution in [2.24, 2.45) is 5.41 Å². The van der Waals surface area contributed by atoms with E-state index >= 15 is 0 Å². The van der Waals surface area contributed by atoms with Crippen LogP contribution in [0.4, 0.5) is 0 Å². The molecule has 0 radical (unpaired) electrons. The van der Waals surface area contributed by atoms with Crippen LogP contribution in [0, 0.1) is 5.41 Å². The molecule has 0 spiro atoms. The second-order valence-corrected chi connectivity index (χ2v) is 5.81. The number of piperazine rings is 1. The SMILES string of the molecule is C=C[C@](C)(CC)C(=O)N1CCN(CCOCC)[C@H](C)C1. The van der Waals surface area contributed by atoms with Crippen molar-refractivity contribution in [3.63, 3.8) is 0 Å². The van der Waals surface area contributed by atoms with E-state index in [0.29, 0.717) is 6.04 Å². The molecule has 1 aliphatic rings. The van der Waals surface area contributed by atoms with E-state index in [9.17, 15) is 4.79 Å². The molecule has 0 N–H and O–H groups in total. The molecule has 1 saturated heterocycles. The van der Waals surface area contributed by atoms with Gasteiger partial charge in [0.2, 0.25) is 5.91 Å². The lowest BCUT2D eigenvalue weighted by molar-refractivity contribution is -0.142. The van der Waals surface area contributed by atoms with Crippen LogP contribution in [0.15, 0.2) is 12.7 Å². The van der Waals surface area contributed by atoms with Crippen LogP contribution in [-0.2, 0) is 9.53 Å². The van der Waals surface area contributed by atoms with Crippen molar-refractivity contribution in [1.29, 1.82) is 0 Å². The Morgan fingerprint density at radius 2 is 2.15 bits per heavy atom. The minimum Gasteiger partial charge on any atom is -0.380 e. The Labute approximate surface area is 123 Å². The van der Waals surface area contributed by atoms with Gasteiger partial charge in [-0.3, -0.25) is 9.69 Å². The van der Waals surface area contributed by atoms with E-state index in [-0.39, 0.29) is 5.91 Å². The molecule has 1 aliphatic heterocycles. The van der Waals surface area contributed by atoms with Crippen molar-refractivity contribution >= 4 is 5.91 Å². The number of hydrogen-bond donors (Lipinski definition) is 0. The summed E-state index contributed by atoms with van der Waals surface area (Å²) in [4.78, 5) is 17.0. The molecule has 0 aliphatic carbocycles. The molecule has 0 unspecified atom stereocenters. The quantitative estimate of drug-likeness (QED) is 0.530. The molecule has 0 aromatic rings. The van der Waals surface area contributed by atoms with Gasteiger partial charge >= 0.3 is 0 Å². The van der Waals surface area contributed by atoms with E-state index in [1.165, 1.54) is 0 Å². The summed E-state index contributed by atoms with van der Waals surface area (Å²) in [5.41, 5.74) is -0.423. The molecular weight excluding hydrogens is 252 g/mol. The highest BCUT2D eigenvalue weighted by Gasteiger charge is 2.35. The van der Waals surface area contributed by atoms with Crippen LogP contribution in [0.5, 0.6) is 0 Å². The summed E-state index contributed by atoms with van der Waals surface area (Å²) < 4.78 is 5.41. The fraction of sp³-hybridized carbons (Fsp3) is 0.812. The number of amides is 1. The maximum Gasteiger partial charge on any atom is 0.232 e. The van der Waals surface area contributed by atoms with E-state index in [0.717, 1.165) is 45.8 Å². The van der Waals surface area contributed by atoms with Crippen molar-refractivity contribution in [2.75, 3.05) is 39.4 Å². The average Bonchev–Trinajstić information content (AvgIpc) is 2.47. The van der Waals surface area contributed by atoms with Crippen LogP contribution < -0.4 is 0 Å². The summed E-state index contributed by atoms with van der Waals surface area (Å²) in [6, 6.07) is 0.388. The number of rotatable bonds is 7. The van der Waals surface area contributed by atoms with Gasteiger partial charge < -0.3 is 9.64 Å². The molecule has 0 aromatic carbocycles. The largest absolute Gasteiger partial charge is 0.380 e. The summed E-state index contributed by atoms with van der Waals surface area (Å²) in [6.45, 7) is 17.1. The Kier molecular flexibility index (Phi) is 6.69. The van der Waals surface area contributed by atoms with Gasteiger partial charge in [0.1, 0.15) is 0 Å². The third kappa shape index (κ3) is 4.06. The second-order valence-electron chi connectivity index (χ2n) is 5.81. The lowest BCUT2D eigenvalue weighted by Crippen LogP contribution is -2.56. The molecule has 0 bridgehead atoms. The fourth-order valence-electron chi connectivity index (χ4n) is 2.58. The molecule has 2 atom stereocenters. The highest BCUT2D eigenvalue weighted by Crippen LogP contribution is 2.26. The van der Waals surface area contributed by atoms with Gasteiger partial charge in [-0.2, -0.15) is 0 Å². The van der Waals surface area contributed by atoms with Crippen molar-refractivity contribution in [3.8, 4) is 0 Å². The highest BCUT2D eigenvalue weighted by atomic mass is 16.5. The zero-order valence-electron chi connectivity index (χ0n) is 13.5. The van der Waals surface area contributed by atoms with Crippen LogP contribution >= 0.6 is 0 Å². The summed E-state index contributed by atoms with van der Waals surface area (Å²) >= 11 is 0. The van der Waals surface area contributed by atoms with Gasteiger partial charge in [0.05, 0.1) is 12.0 Å². The van der Waals surface area contributed by atoms with Crippen molar-refractivity contribution in [1.82, 2.24) is 9.80 Å². The Balaban J connectivity index is 2.54. The number of ether oxygens (including phenoxy) is 1. The first kappa shape index (κ1) is 17.2. The first-order chi connectivity index (χ1) is 9.48. The smallest absolute Gasteiger partial charge is 0.232 e. The van der Waals surface area contributed by atoms with Crippen LogP contribution in [-0.4, -0.2) is 61.1 Å². The number of nitrogens with zero attached hydrogens (tertiary/aromatic N) is 2. The number of carbonyl (C=O) groups is 1. The van der Waals surface area contributed by atoms with Crippen LogP contribution in [0.2, 0.25) is 0 Å². The Hall–Kier alpha value is -0.870. The third-order valence-electron chi connectivity index (χ3n) is 4.45. The van der Waals surface area contributed by atoms with Gasteiger partial charge in [-0.1, -0.05) is 13.0 Å². The predicted octanol–water partition coefficient (Wildman–Crippen LogP) is 2.16. The van der Waals surface area contributed by atoms with E-state index in [1.807, 2.05) is 25.7 Å². The zero-order valence-corrected chi connectivity index (χ0v) is 13.5. The highest BCUT2D eigenvalue weighted by molar-refractivity contribution is 5.84. The molecule has 1 amide bonds. The zero-order chi connectivity index (χ0) is 15.2. The van der Waals surface area contributed by atoms with Crippen molar-refractivity contribution in [3.05, 3.63) is 12.7 Å². The lowest BCUT2D eigenvalue weighted by Gasteiger charge is -2.42. The van der Waals surface area contributed by atoms with Gasteiger partial charge in [-0.15, -0.1) is 6.58 Å². The first-order valence-corrected chi connectivity index (χ1v) is 7.73. The number of hydrogen-bond acceptors (Lipinski definition) is 3. The van der Waals surface area contributed by atoms with Crippen LogP contribution in [0.1, 0.15) is 34.1 Å². The average molecular weight is 282 g/mol. The molecule has 1 rings (SSSR count). The predicted molar refractivity (Wildman–Crippen MR) is 82.7 cm³/mol. The summed E-state index contributed by atoms with van der Waals surface area (Å²) in [7, 11) is 0.